The zero-order valence-electron chi connectivity index (χ0n) is 11.5. The number of nitrogens with two attached hydrogens (primary N) is 1. The van der Waals surface area contributed by atoms with E-state index in [1.807, 2.05) is 31.2 Å². The van der Waals surface area contributed by atoms with Gasteiger partial charge >= 0.3 is 0 Å². The van der Waals surface area contributed by atoms with Gasteiger partial charge in [0, 0.05) is 16.1 Å². The van der Waals surface area contributed by atoms with Crippen molar-refractivity contribution in [3.8, 4) is 5.75 Å². The number of aryl methyl sites for hydroxylation is 1. The van der Waals surface area contributed by atoms with Crippen LogP contribution in [-0.4, -0.2) is 0 Å². The molecule has 0 aliphatic carbocycles. The Balaban J connectivity index is 2.22. The minimum Gasteiger partial charge on any atom is -0.489 e. The normalized spacial score (nSPS) is 12.2. The van der Waals surface area contributed by atoms with Crippen LogP contribution in [0.25, 0.3) is 0 Å². The van der Waals surface area contributed by atoms with Crippen molar-refractivity contribution in [2.75, 3.05) is 0 Å². The summed E-state index contributed by atoms with van der Waals surface area (Å²) in [6, 6.07) is 10.8. The molecule has 0 bridgehead atoms. The molecule has 0 saturated carbocycles. The van der Waals surface area contributed by atoms with E-state index in [4.69, 9.17) is 10.5 Å². The molecule has 2 N–H and O–H groups in total. The van der Waals surface area contributed by atoms with E-state index in [9.17, 15) is 4.39 Å². The first-order chi connectivity index (χ1) is 9.47. The average Bonchev–Trinajstić information content (AvgIpc) is 2.39. The van der Waals surface area contributed by atoms with Crippen molar-refractivity contribution < 1.29 is 9.13 Å². The van der Waals surface area contributed by atoms with Gasteiger partial charge in [0.2, 0.25) is 0 Å². The molecule has 106 valence electrons. The lowest BCUT2D eigenvalue weighted by atomic mass is 10.1. The van der Waals surface area contributed by atoms with Crippen LogP contribution in [0.4, 0.5) is 4.39 Å². The van der Waals surface area contributed by atoms with Crippen LogP contribution in [0.1, 0.15) is 29.7 Å². The molecule has 0 amide bonds. The second-order valence-corrected chi connectivity index (χ2v) is 5.76. The molecular formula is C16H17BrFNO. The number of benzene rings is 2. The minimum absolute atomic E-state index is 0.257. The molecule has 0 spiro atoms. The van der Waals surface area contributed by atoms with Gasteiger partial charge in [0.25, 0.3) is 0 Å². The van der Waals surface area contributed by atoms with Gasteiger partial charge in [0.05, 0.1) is 0 Å². The first-order valence-corrected chi connectivity index (χ1v) is 7.19. The van der Waals surface area contributed by atoms with E-state index in [2.05, 4.69) is 15.9 Å². The lowest BCUT2D eigenvalue weighted by molar-refractivity contribution is 0.300. The van der Waals surface area contributed by atoms with Crippen LogP contribution in [0.15, 0.2) is 40.9 Å². The maximum absolute atomic E-state index is 13.6. The van der Waals surface area contributed by atoms with Crippen LogP contribution < -0.4 is 10.5 Å². The molecule has 20 heavy (non-hydrogen) atoms. The Kier molecular flexibility index (Phi) is 4.78. The summed E-state index contributed by atoms with van der Waals surface area (Å²) in [7, 11) is 0. The fourth-order valence-electron chi connectivity index (χ4n) is 1.94. The number of rotatable bonds is 4. The van der Waals surface area contributed by atoms with E-state index in [1.54, 1.807) is 13.0 Å². The van der Waals surface area contributed by atoms with Crippen molar-refractivity contribution >= 4 is 15.9 Å². The SMILES string of the molecule is Cc1cc(OCc2cccc(Br)c2)c(C(C)N)cc1F. The van der Waals surface area contributed by atoms with E-state index in [-0.39, 0.29) is 11.9 Å². The highest BCUT2D eigenvalue weighted by atomic mass is 79.9. The lowest BCUT2D eigenvalue weighted by Crippen LogP contribution is -2.09. The quantitative estimate of drug-likeness (QED) is 0.891. The van der Waals surface area contributed by atoms with E-state index in [1.165, 1.54) is 6.07 Å². The zero-order chi connectivity index (χ0) is 14.7. The standard InChI is InChI=1S/C16H17BrFNO/c1-10-6-16(14(11(2)19)8-15(10)18)20-9-12-4-3-5-13(17)7-12/h3-8,11H,9,19H2,1-2H3. The smallest absolute Gasteiger partial charge is 0.126 e. The Bertz CT molecular complexity index is 613. The molecule has 0 aliphatic rings. The van der Waals surface area contributed by atoms with E-state index in [0.717, 1.165) is 10.0 Å². The largest absolute Gasteiger partial charge is 0.489 e. The molecule has 2 aromatic carbocycles. The molecule has 1 atom stereocenters. The highest BCUT2D eigenvalue weighted by Crippen LogP contribution is 2.28. The summed E-state index contributed by atoms with van der Waals surface area (Å²) in [5.41, 5.74) is 8.15. The van der Waals surface area contributed by atoms with Gasteiger partial charge in [-0.15, -0.1) is 0 Å². The van der Waals surface area contributed by atoms with Crippen molar-refractivity contribution in [1.29, 1.82) is 0 Å². The van der Waals surface area contributed by atoms with E-state index >= 15 is 0 Å². The summed E-state index contributed by atoms with van der Waals surface area (Å²) in [5, 5.41) is 0. The third kappa shape index (κ3) is 3.58. The maximum Gasteiger partial charge on any atom is 0.126 e. The minimum atomic E-state index is -0.275. The second kappa shape index (κ2) is 6.37. The van der Waals surface area contributed by atoms with E-state index in [0.29, 0.717) is 23.5 Å². The molecule has 0 aromatic heterocycles. The zero-order valence-corrected chi connectivity index (χ0v) is 13.1. The summed E-state index contributed by atoms with van der Waals surface area (Å²) < 4.78 is 20.4. The van der Waals surface area contributed by atoms with Crippen LogP contribution in [0, 0.1) is 12.7 Å². The number of halogens is 2. The van der Waals surface area contributed by atoms with Gasteiger partial charge in [0.15, 0.2) is 0 Å². The van der Waals surface area contributed by atoms with Crippen LogP contribution in [0.5, 0.6) is 5.75 Å². The van der Waals surface area contributed by atoms with Crippen LogP contribution in [0.3, 0.4) is 0 Å². The van der Waals surface area contributed by atoms with Gasteiger partial charge in [-0.1, -0.05) is 28.1 Å². The Morgan fingerprint density at radius 2 is 2.05 bits per heavy atom. The maximum atomic E-state index is 13.6. The molecule has 0 aliphatic heterocycles. The van der Waals surface area contributed by atoms with E-state index < -0.39 is 0 Å². The molecule has 0 saturated heterocycles. The molecular weight excluding hydrogens is 321 g/mol. The topological polar surface area (TPSA) is 35.2 Å². The van der Waals surface area contributed by atoms with Crippen molar-refractivity contribution in [3.63, 3.8) is 0 Å². The fourth-order valence-corrected chi connectivity index (χ4v) is 2.39. The number of ether oxygens (including phenoxy) is 1. The third-order valence-electron chi connectivity index (χ3n) is 3.06. The summed E-state index contributed by atoms with van der Waals surface area (Å²) in [5.74, 6) is 0.381. The monoisotopic (exact) mass is 337 g/mol. The molecule has 2 nitrogen and oxygen atoms in total. The highest BCUT2D eigenvalue weighted by molar-refractivity contribution is 9.10. The Labute approximate surface area is 126 Å². The number of hydrogen-bond donors (Lipinski definition) is 1. The molecule has 1 unspecified atom stereocenters. The van der Waals surface area contributed by atoms with Gasteiger partial charge < -0.3 is 10.5 Å². The third-order valence-corrected chi connectivity index (χ3v) is 3.56. The molecule has 0 heterocycles. The van der Waals surface area contributed by atoms with Crippen molar-refractivity contribution in [3.05, 3.63) is 63.4 Å². The molecule has 0 fully saturated rings. The van der Waals surface area contributed by atoms with Gasteiger partial charge in [-0.3, -0.25) is 0 Å². The van der Waals surface area contributed by atoms with Gasteiger partial charge in [0.1, 0.15) is 18.2 Å². The van der Waals surface area contributed by atoms with Crippen molar-refractivity contribution in [2.24, 2.45) is 5.73 Å². The van der Waals surface area contributed by atoms with Crippen molar-refractivity contribution in [1.82, 2.24) is 0 Å². The van der Waals surface area contributed by atoms with Crippen molar-refractivity contribution in [2.45, 2.75) is 26.5 Å². The predicted molar refractivity (Wildman–Crippen MR) is 82.2 cm³/mol. The van der Waals surface area contributed by atoms with Crippen LogP contribution in [0.2, 0.25) is 0 Å². The average molecular weight is 338 g/mol. The van der Waals surface area contributed by atoms with Gasteiger partial charge in [-0.2, -0.15) is 0 Å². The first kappa shape index (κ1) is 15.0. The molecule has 4 heteroatoms. The van der Waals surface area contributed by atoms with Crippen LogP contribution in [-0.2, 0) is 6.61 Å². The Morgan fingerprint density at radius 3 is 2.70 bits per heavy atom. The fraction of sp³-hybridized carbons (Fsp3) is 0.250. The highest BCUT2D eigenvalue weighted by Gasteiger charge is 2.12. The summed E-state index contributed by atoms with van der Waals surface area (Å²) in [4.78, 5) is 0. The molecule has 2 aromatic rings. The van der Waals surface area contributed by atoms with Gasteiger partial charge in [-0.05, 0) is 49.2 Å². The Morgan fingerprint density at radius 1 is 1.30 bits per heavy atom. The number of hydrogen-bond acceptors (Lipinski definition) is 2. The second-order valence-electron chi connectivity index (χ2n) is 4.85. The summed E-state index contributed by atoms with van der Waals surface area (Å²) >= 11 is 3.42. The first-order valence-electron chi connectivity index (χ1n) is 6.40. The molecule has 2 rings (SSSR count). The summed E-state index contributed by atoms with van der Waals surface area (Å²) in [6.07, 6.45) is 0. The van der Waals surface area contributed by atoms with Crippen LogP contribution >= 0.6 is 15.9 Å². The molecule has 0 radical (unpaired) electrons. The Hall–Kier alpha value is -1.39. The predicted octanol–water partition coefficient (Wildman–Crippen LogP) is 4.50. The summed E-state index contributed by atoms with van der Waals surface area (Å²) in [6.45, 7) is 3.95. The van der Waals surface area contributed by atoms with Gasteiger partial charge in [-0.25, -0.2) is 4.39 Å². The lowest BCUT2D eigenvalue weighted by Gasteiger charge is -2.15.